The monoisotopic (exact) mass is 263 g/mol. The molecule has 0 unspecified atom stereocenters. The van der Waals surface area contributed by atoms with Crippen molar-refractivity contribution in [1.82, 2.24) is 15.0 Å². The minimum atomic E-state index is 0.0976. The number of hydrogen-bond acceptors (Lipinski definition) is 3. The van der Waals surface area contributed by atoms with Crippen LogP contribution >= 0.6 is 23.2 Å². The first-order chi connectivity index (χ1) is 8.25. The van der Waals surface area contributed by atoms with Gasteiger partial charge in [-0.15, -0.1) is 0 Å². The summed E-state index contributed by atoms with van der Waals surface area (Å²) < 4.78 is 0. The summed E-state index contributed by atoms with van der Waals surface area (Å²) in [4.78, 5) is 12.0. The van der Waals surface area contributed by atoms with Crippen LogP contribution in [0.25, 0.3) is 0 Å². The summed E-state index contributed by atoms with van der Waals surface area (Å²) in [5, 5.41) is 0.262. The Labute approximate surface area is 108 Å². The van der Waals surface area contributed by atoms with E-state index in [1.165, 1.54) is 11.1 Å². The Morgan fingerprint density at radius 2 is 1.29 bits per heavy atom. The fourth-order valence-electron chi connectivity index (χ4n) is 1.84. The van der Waals surface area contributed by atoms with Gasteiger partial charge in [0.1, 0.15) is 5.82 Å². The molecule has 0 spiro atoms. The lowest BCUT2D eigenvalue weighted by molar-refractivity contribution is 0.921. The number of nitrogens with zero attached hydrogens (tertiary/aromatic N) is 3. The Kier molecular flexibility index (Phi) is 2.57. The van der Waals surface area contributed by atoms with Crippen molar-refractivity contribution in [2.24, 2.45) is 0 Å². The molecule has 84 valence electrons. The van der Waals surface area contributed by atoms with Crippen LogP contribution in [0, 0.1) is 0 Å². The van der Waals surface area contributed by atoms with E-state index in [-0.39, 0.29) is 16.5 Å². The van der Waals surface area contributed by atoms with E-state index in [1.54, 1.807) is 0 Å². The van der Waals surface area contributed by atoms with Gasteiger partial charge >= 0.3 is 0 Å². The van der Waals surface area contributed by atoms with Crippen LogP contribution in [0.2, 0.25) is 10.6 Å². The normalized spacial score (nSPS) is 24.9. The minimum absolute atomic E-state index is 0.0976. The number of fused-ring (bicyclic) bond motifs is 1. The molecule has 0 atom stereocenters. The van der Waals surface area contributed by atoms with E-state index in [1.807, 2.05) is 36.5 Å². The van der Waals surface area contributed by atoms with Crippen molar-refractivity contribution < 1.29 is 0 Å². The quantitative estimate of drug-likeness (QED) is 0.781. The molecule has 2 aliphatic rings. The molecule has 1 aromatic heterocycles. The van der Waals surface area contributed by atoms with Crippen LogP contribution in [-0.2, 0) is 0 Å². The zero-order valence-corrected chi connectivity index (χ0v) is 10.2. The predicted molar refractivity (Wildman–Crippen MR) is 67.0 cm³/mol. The van der Waals surface area contributed by atoms with Crippen LogP contribution in [0.4, 0.5) is 0 Å². The summed E-state index contributed by atoms with van der Waals surface area (Å²) >= 11 is 11.5. The summed E-state index contributed by atoms with van der Waals surface area (Å²) in [5.41, 5.74) is 2.40. The number of rotatable bonds is 1. The molecule has 1 aromatic rings. The highest BCUT2D eigenvalue weighted by molar-refractivity contribution is 6.31. The van der Waals surface area contributed by atoms with E-state index in [9.17, 15) is 0 Å². The minimum Gasteiger partial charge on any atom is -0.202 e. The summed E-state index contributed by atoms with van der Waals surface area (Å²) in [6, 6.07) is 0. The van der Waals surface area contributed by atoms with Gasteiger partial charge in [0.2, 0.25) is 10.6 Å². The highest BCUT2D eigenvalue weighted by atomic mass is 35.5. The van der Waals surface area contributed by atoms with Crippen LogP contribution < -0.4 is 0 Å². The molecule has 2 aliphatic carbocycles. The molecule has 5 heteroatoms. The highest BCUT2D eigenvalue weighted by Crippen LogP contribution is 2.52. The molecule has 3 rings (SSSR count). The third-order valence-electron chi connectivity index (χ3n) is 2.61. The first kappa shape index (κ1) is 10.7. The van der Waals surface area contributed by atoms with E-state index < -0.39 is 0 Å². The Morgan fingerprint density at radius 1 is 0.765 bits per heavy atom. The number of hydrogen-bond donors (Lipinski definition) is 0. The predicted octanol–water partition coefficient (Wildman–Crippen LogP) is 3.25. The molecule has 1 heterocycles. The molecule has 0 aromatic carbocycles. The van der Waals surface area contributed by atoms with Crippen molar-refractivity contribution in [2.75, 3.05) is 0 Å². The average molecular weight is 264 g/mol. The average Bonchev–Trinajstić information content (AvgIpc) is 2.88. The summed E-state index contributed by atoms with van der Waals surface area (Å²) in [5.74, 6) is 0.705. The van der Waals surface area contributed by atoms with Gasteiger partial charge in [0.25, 0.3) is 0 Å². The number of halogens is 2. The van der Waals surface area contributed by atoms with Crippen molar-refractivity contribution in [3.63, 3.8) is 0 Å². The smallest absolute Gasteiger partial charge is 0.202 e. The van der Waals surface area contributed by atoms with Crippen LogP contribution in [0.15, 0.2) is 47.6 Å². The van der Waals surface area contributed by atoms with Gasteiger partial charge in [0.15, 0.2) is 0 Å². The molecular formula is C12H7Cl2N3. The maximum Gasteiger partial charge on any atom is 0.226 e. The van der Waals surface area contributed by atoms with Gasteiger partial charge in [-0.05, 0) is 34.3 Å². The van der Waals surface area contributed by atoms with Gasteiger partial charge in [0, 0.05) is 0 Å². The molecule has 1 fully saturated rings. The molecule has 0 bridgehead atoms. The van der Waals surface area contributed by atoms with E-state index in [0.717, 1.165) is 0 Å². The molecule has 0 saturated heterocycles. The van der Waals surface area contributed by atoms with Crippen molar-refractivity contribution >= 4 is 23.2 Å². The van der Waals surface area contributed by atoms with Gasteiger partial charge in [-0.25, -0.2) is 9.97 Å². The first-order valence-electron chi connectivity index (χ1n) is 5.08. The van der Waals surface area contributed by atoms with E-state index in [2.05, 4.69) is 15.0 Å². The standard InChI is InChI=1S/C12H7Cl2N3/c13-11-15-10(16-12(14)17-11)9-7-5-3-1-2-4-6-8(7)9/h1-6,9H/b2-1?,3-1-,4-2-,5-3?,6-4?,7-5?,8-6?. The molecule has 17 heavy (non-hydrogen) atoms. The Bertz CT molecular complexity index is 552. The molecular weight excluding hydrogens is 257 g/mol. The third kappa shape index (κ3) is 2.04. The van der Waals surface area contributed by atoms with Gasteiger partial charge in [0.05, 0.1) is 5.92 Å². The Hall–Kier alpha value is -1.45. The van der Waals surface area contributed by atoms with Crippen molar-refractivity contribution in [3.05, 3.63) is 64.0 Å². The van der Waals surface area contributed by atoms with Crippen molar-refractivity contribution in [3.8, 4) is 0 Å². The molecule has 0 N–H and O–H groups in total. The molecule has 1 saturated carbocycles. The lowest BCUT2D eigenvalue weighted by Crippen LogP contribution is -1.96. The highest BCUT2D eigenvalue weighted by Gasteiger charge is 2.40. The Balaban J connectivity index is 2.02. The van der Waals surface area contributed by atoms with Crippen LogP contribution in [0.1, 0.15) is 11.7 Å². The maximum absolute atomic E-state index is 5.77. The van der Waals surface area contributed by atoms with Gasteiger partial charge in [-0.1, -0.05) is 36.5 Å². The molecule has 0 aliphatic heterocycles. The number of aromatic nitrogens is 3. The SMILES string of the molecule is Clc1nc(Cl)nc(C2C3=C/C=C\C=C/C=C32)n1. The lowest BCUT2D eigenvalue weighted by atomic mass is 10.3. The molecule has 0 radical (unpaired) electrons. The van der Waals surface area contributed by atoms with Crippen LogP contribution in [-0.4, -0.2) is 15.0 Å². The number of allylic oxidation sites excluding steroid dienone is 8. The van der Waals surface area contributed by atoms with Gasteiger partial charge < -0.3 is 0 Å². The fourth-order valence-corrected chi connectivity index (χ4v) is 2.21. The second-order valence-corrected chi connectivity index (χ2v) is 4.35. The van der Waals surface area contributed by atoms with Crippen molar-refractivity contribution in [1.29, 1.82) is 0 Å². The van der Waals surface area contributed by atoms with Gasteiger partial charge in [-0.2, -0.15) is 4.98 Å². The molecule has 3 nitrogen and oxygen atoms in total. The second kappa shape index (κ2) is 4.09. The fraction of sp³-hybridized carbons (Fsp3) is 0.0833. The first-order valence-corrected chi connectivity index (χ1v) is 5.84. The van der Waals surface area contributed by atoms with Crippen molar-refractivity contribution in [2.45, 2.75) is 5.92 Å². The Morgan fingerprint density at radius 3 is 1.82 bits per heavy atom. The zero-order chi connectivity index (χ0) is 11.8. The zero-order valence-electron chi connectivity index (χ0n) is 8.64. The van der Waals surface area contributed by atoms with Crippen LogP contribution in [0.5, 0.6) is 0 Å². The lowest BCUT2D eigenvalue weighted by Gasteiger charge is -1.96. The third-order valence-corrected chi connectivity index (χ3v) is 2.95. The summed E-state index contributed by atoms with van der Waals surface area (Å²) in [6.07, 6.45) is 12.0. The maximum atomic E-state index is 5.77. The van der Waals surface area contributed by atoms with E-state index in [4.69, 9.17) is 23.2 Å². The largest absolute Gasteiger partial charge is 0.226 e. The summed E-state index contributed by atoms with van der Waals surface area (Å²) in [7, 11) is 0. The topological polar surface area (TPSA) is 38.7 Å². The van der Waals surface area contributed by atoms with E-state index in [0.29, 0.717) is 5.82 Å². The summed E-state index contributed by atoms with van der Waals surface area (Å²) in [6.45, 7) is 0. The van der Waals surface area contributed by atoms with Gasteiger partial charge in [-0.3, -0.25) is 0 Å². The van der Waals surface area contributed by atoms with Crippen LogP contribution in [0.3, 0.4) is 0 Å². The molecule has 0 amide bonds. The van der Waals surface area contributed by atoms with E-state index >= 15 is 0 Å². The second-order valence-electron chi connectivity index (χ2n) is 3.68.